The van der Waals surface area contributed by atoms with Gasteiger partial charge in [-0.05, 0) is 25.2 Å². The number of aromatic nitrogens is 1. The number of para-hydroxylation sites is 1. The molecular weight excluding hydrogens is 280 g/mol. The second kappa shape index (κ2) is 8.22. The first-order valence-electron chi connectivity index (χ1n) is 7.43. The number of rotatable bonds is 8. The quantitative estimate of drug-likeness (QED) is 0.446. The molecule has 4 nitrogen and oxygen atoms in total. The van der Waals surface area contributed by atoms with Crippen LogP contribution in [0, 0.1) is 0 Å². The Morgan fingerprint density at radius 2 is 2.00 bits per heavy atom. The van der Waals surface area contributed by atoms with Gasteiger partial charge in [-0.15, -0.1) is 0 Å². The van der Waals surface area contributed by atoms with E-state index in [0.29, 0.717) is 0 Å². The minimum absolute atomic E-state index is 0.782. The Balaban J connectivity index is 2.00. The normalized spacial score (nSPS) is 11.2. The van der Waals surface area contributed by atoms with Gasteiger partial charge in [0, 0.05) is 29.0 Å². The minimum atomic E-state index is 0.782. The van der Waals surface area contributed by atoms with Gasteiger partial charge in [-0.25, -0.2) is 10.8 Å². The monoisotopic (exact) mass is 304 g/mol. The summed E-state index contributed by atoms with van der Waals surface area (Å²) in [4.78, 5) is 7.02. The van der Waals surface area contributed by atoms with Gasteiger partial charge < -0.3 is 10.3 Å². The van der Waals surface area contributed by atoms with E-state index in [2.05, 4.69) is 41.3 Å². The smallest absolute Gasteiger partial charge is 0.144 e. The highest BCUT2D eigenvalue weighted by atomic mass is 32.2. The lowest BCUT2D eigenvalue weighted by molar-refractivity contribution is 0.324. The maximum Gasteiger partial charge on any atom is 0.144 e. The van der Waals surface area contributed by atoms with E-state index in [1.165, 1.54) is 5.56 Å². The minimum Gasteiger partial charge on any atom is -0.308 e. The molecule has 0 atom stereocenters. The van der Waals surface area contributed by atoms with Crippen LogP contribution in [0.15, 0.2) is 30.3 Å². The summed E-state index contributed by atoms with van der Waals surface area (Å²) < 4.78 is 0. The van der Waals surface area contributed by atoms with E-state index in [4.69, 9.17) is 5.84 Å². The Hall–Kier alpha value is -1.30. The molecule has 1 aromatic carbocycles. The van der Waals surface area contributed by atoms with Crippen molar-refractivity contribution in [1.29, 1.82) is 0 Å². The summed E-state index contributed by atoms with van der Waals surface area (Å²) in [7, 11) is 0. The van der Waals surface area contributed by atoms with Crippen molar-refractivity contribution in [2.24, 2.45) is 5.84 Å². The van der Waals surface area contributed by atoms with E-state index in [1.807, 2.05) is 30.0 Å². The Morgan fingerprint density at radius 1 is 1.24 bits per heavy atom. The first-order valence-corrected chi connectivity index (χ1v) is 8.59. The van der Waals surface area contributed by atoms with E-state index in [1.54, 1.807) is 0 Å². The molecule has 0 radical (unpaired) electrons. The number of fused-ring (bicyclic) bond motifs is 1. The van der Waals surface area contributed by atoms with Crippen molar-refractivity contribution in [3.63, 3.8) is 0 Å². The standard InChI is InChI=1S/C16H24N4S/c1-3-20(4-2)9-10-21-12-14-11-13-7-5-6-8-15(13)18-16(14)19-17/h5-8,11H,3-4,9-10,12,17H2,1-2H3,(H,18,19). The second-order valence-electron chi connectivity index (χ2n) is 4.91. The Labute approximate surface area is 131 Å². The van der Waals surface area contributed by atoms with Crippen LogP contribution in [0.4, 0.5) is 5.82 Å². The molecule has 0 aliphatic rings. The van der Waals surface area contributed by atoms with E-state index < -0.39 is 0 Å². The molecule has 2 aromatic rings. The lowest BCUT2D eigenvalue weighted by Crippen LogP contribution is -2.25. The van der Waals surface area contributed by atoms with Crippen LogP contribution < -0.4 is 11.3 Å². The van der Waals surface area contributed by atoms with Crippen LogP contribution in [0.5, 0.6) is 0 Å². The van der Waals surface area contributed by atoms with Gasteiger partial charge >= 0.3 is 0 Å². The van der Waals surface area contributed by atoms with E-state index in [9.17, 15) is 0 Å². The van der Waals surface area contributed by atoms with Gasteiger partial charge in [0.25, 0.3) is 0 Å². The van der Waals surface area contributed by atoms with Crippen molar-refractivity contribution >= 4 is 28.5 Å². The number of pyridine rings is 1. The van der Waals surface area contributed by atoms with Crippen LogP contribution in [0.3, 0.4) is 0 Å². The fraction of sp³-hybridized carbons (Fsp3) is 0.438. The molecule has 0 bridgehead atoms. The zero-order chi connectivity index (χ0) is 15.1. The molecule has 0 saturated carbocycles. The predicted octanol–water partition coefficient (Wildman–Crippen LogP) is 3.10. The third-order valence-corrected chi connectivity index (χ3v) is 4.63. The molecule has 0 unspecified atom stereocenters. The van der Waals surface area contributed by atoms with E-state index >= 15 is 0 Å². The van der Waals surface area contributed by atoms with Crippen LogP contribution in [-0.2, 0) is 5.75 Å². The molecule has 3 N–H and O–H groups in total. The number of nitrogens with one attached hydrogen (secondary N) is 1. The molecule has 0 fully saturated rings. The maximum atomic E-state index is 5.61. The van der Waals surface area contributed by atoms with Crippen LogP contribution in [-0.4, -0.2) is 35.3 Å². The topological polar surface area (TPSA) is 54.2 Å². The van der Waals surface area contributed by atoms with Crippen LogP contribution in [0.2, 0.25) is 0 Å². The molecule has 21 heavy (non-hydrogen) atoms. The highest BCUT2D eigenvalue weighted by molar-refractivity contribution is 7.98. The highest BCUT2D eigenvalue weighted by Gasteiger charge is 2.06. The number of nitrogen functional groups attached to an aromatic ring is 1. The number of hydrogen-bond donors (Lipinski definition) is 2. The van der Waals surface area contributed by atoms with Gasteiger partial charge in [-0.1, -0.05) is 32.0 Å². The van der Waals surface area contributed by atoms with Crippen LogP contribution in [0.1, 0.15) is 19.4 Å². The SMILES string of the molecule is CCN(CC)CCSCc1cc2ccccc2nc1NN. The van der Waals surface area contributed by atoms with Crippen molar-refractivity contribution in [3.8, 4) is 0 Å². The molecule has 114 valence electrons. The number of thioether (sulfide) groups is 1. The molecule has 0 amide bonds. The van der Waals surface area contributed by atoms with Gasteiger partial charge in [-0.2, -0.15) is 11.8 Å². The number of hydrogen-bond acceptors (Lipinski definition) is 5. The third-order valence-electron chi connectivity index (χ3n) is 3.64. The van der Waals surface area contributed by atoms with Gasteiger partial charge in [0.2, 0.25) is 0 Å². The predicted molar refractivity (Wildman–Crippen MR) is 93.5 cm³/mol. The molecule has 1 aromatic heterocycles. The average molecular weight is 304 g/mol. The lowest BCUT2D eigenvalue weighted by Gasteiger charge is -2.17. The largest absolute Gasteiger partial charge is 0.308 e. The number of nitrogens with two attached hydrogens (primary N) is 1. The first kappa shape index (κ1) is 16.1. The van der Waals surface area contributed by atoms with Crippen molar-refractivity contribution in [3.05, 3.63) is 35.9 Å². The summed E-state index contributed by atoms with van der Waals surface area (Å²) in [5.41, 5.74) is 4.87. The third kappa shape index (κ3) is 4.33. The highest BCUT2D eigenvalue weighted by Crippen LogP contribution is 2.23. The number of hydrazine groups is 1. The zero-order valence-electron chi connectivity index (χ0n) is 12.8. The summed E-state index contributed by atoms with van der Waals surface area (Å²) in [6.45, 7) is 7.77. The Bertz CT molecular complexity index is 569. The number of nitrogens with zero attached hydrogens (tertiary/aromatic N) is 2. The maximum absolute atomic E-state index is 5.61. The molecular formula is C16H24N4S. The number of anilines is 1. The fourth-order valence-corrected chi connectivity index (χ4v) is 3.28. The Morgan fingerprint density at radius 3 is 2.71 bits per heavy atom. The first-order chi connectivity index (χ1) is 10.3. The van der Waals surface area contributed by atoms with Gasteiger partial charge in [-0.3, -0.25) is 0 Å². The summed E-state index contributed by atoms with van der Waals surface area (Å²) in [5.74, 6) is 8.44. The van der Waals surface area contributed by atoms with Gasteiger partial charge in [0.15, 0.2) is 0 Å². The Kier molecular flexibility index (Phi) is 6.29. The zero-order valence-corrected chi connectivity index (χ0v) is 13.6. The second-order valence-corrected chi connectivity index (χ2v) is 6.02. The average Bonchev–Trinajstić information content (AvgIpc) is 2.54. The summed E-state index contributed by atoms with van der Waals surface area (Å²) in [6, 6.07) is 10.3. The van der Waals surface area contributed by atoms with E-state index in [-0.39, 0.29) is 0 Å². The lowest BCUT2D eigenvalue weighted by atomic mass is 10.1. The molecule has 0 saturated heterocycles. The van der Waals surface area contributed by atoms with Crippen molar-refractivity contribution in [1.82, 2.24) is 9.88 Å². The van der Waals surface area contributed by atoms with Crippen molar-refractivity contribution < 1.29 is 0 Å². The van der Waals surface area contributed by atoms with Gasteiger partial charge in [0.1, 0.15) is 5.82 Å². The van der Waals surface area contributed by atoms with Gasteiger partial charge in [0.05, 0.1) is 5.52 Å². The molecule has 0 aliphatic heterocycles. The fourth-order valence-electron chi connectivity index (χ4n) is 2.31. The molecule has 0 aliphatic carbocycles. The van der Waals surface area contributed by atoms with Crippen molar-refractivity contribution in [2.75, 3.05) is 30.8 Å². The molecule has 0 spiro atoms. The van der Waals surface area contributed by atoms with E-state index in [0.717, 1.165) is 47.9 Å². The molecule has 1 heterocycles. The summed E-state index contributed by atoms with van der Waals surface area (Å²) in [6.07, 6.45) is 0. The number of benzene rings is 1. The summed E-state index contributed by atoms with van der Waals surface area (Å²) >= 11 is 1.93. The van der Waals surface area contributed by atoms with Crippen LogP contribution in [0.25, 0.3) is 10.9 Å². The molecule has 5 heteroatoms. The van der Waals surface area contributed by atoms with Crippen molar-refractivity contribution in [2.45, 2.75) is 19.6 Å². The van der Waals surface area contributed by atoms with Crippen LogP contribution >= 0.6 is 11.8 Å². The summed E-state index contributed by atoms with van der Waals surface area (Å²) in [5, 5.41) is 1.16. The molecule has 2 rings (SSSR count).